The molecule has 1 aromatic rings. The molecule has 1 heterocycles. The molecule has 0 N–H and O–H groups in total. The van der Waals surface area contributed by atoms with Crippen molar-refractivity contribution >= 4 is 15.9 Å². The molecule has 1 saturated heterocycles. The van der Waals surface area contributed by atoms with E-state index in [1.54, 1.807) is 0 Å². The molecule has 2 rings (SSSR count). The average molecular weight is 339 g/mol. The Balaban J connectivity index is 2.42. The molecule has 1 aliphatic rings. The molecule has 1 aliphatic heterocycles. The highest BCUT2D eigenvalue weighted by molar-refractivity contribution is 9.09. The number of alkyl halides is 1. The summed E-state index contributed by atoms with van der Waals surface area (Å²) in [6.45, 7) is 9.90. The molecule has 0 radical (unpaired) electrons. The number of hydrogen-bond acceptors (Lipinski definition) is 1. The SMILES string of the molecule is CCc1cc(CC)c(C(Br)C2CCOC2C)c(CC)c1. The van der Waals surface area contributed by atoms with Crippen molar-refractivity contribution in [3.63, 3.8) is 0 Å². The Morgan fingerprint density at radius 1 is 1.15 bits per heavy atom. The number of rotatable bonds is 5. The molecule has 0 saturated carbocycles. The van der Waals surface area contributed by atoms with Crippen LogP contribution in [0.2, 0.25) is 0 Å². The van der Waals surface area contributed by atoms with Gasteiger partial charge in [0.1, 0.15) is 0 Å². The fourth-order valence-electron chi connectivity index (χ4n) is 3.34. The van der Waals surface area contributed by atoms with Crippen molar-refractivity contribution < 1.29 is 4.74 Å². The molecule has 1 nitrogen and oxygen atoms in total. The summed E-state index contributed by atoms with van der Waals surface area (Å²) in [6.07, 6.45) is 4.87. The van der Waals surface area contributed by atoms with Gasteiger partial charge in [-0.25, -0.2) is 0 Å². The fraction of sp³-hybridized carbons (Fsp3) is 0.667. The van der Waals surface area contributed by atoms with Gasteiger partial charge in [0, 0.05) is 17.4 Å². The van der Waals surface area contributed by atoms with Gasteiger partial charge in [0.25, 0.3) is 0 Å². The van der Waals surface area contributed by atoms with Gasteiger partial charge >= 0.3 is 0 Å². The number of ether oxygens (including phenoxy) is 1. The van der Waals surface area contributed by atoms with E-state index in [1.165, 1.54) is 28.7 Å². The van der Waals surface area contributed by atoms with Crippen LogP contribution in [0.25, 0.3) is 0 Å². The van der Waals surface area contributed by atoms with E-state index in [1.807, 2.05) is 0 Å². The van der Waals surface area contributed by atoms with Gasteiger partial charge in [0.15, 0.2) is 0 Å². The van der Waals surface area contributed by atoms with Crippen LogP contribution in [0.5, 0.6) is 0 Å². The summed E-state index contributed by atoms with van der Waals surface area (Å²) in [6, 6.07) is 4.81. The molecular formula is C18H27BrO. The van der Waals surface area contributed by atoms with E-state index in [4.69, 9.17) is 4.74 Å². The van der Waals surface area contributed by atoms with Gasteiger partial charge in [-0.2, -0.15) is 0 Å². The second-order valence-corrected chi connectivity index (χ2v) is 6.81. The van der Waals surface area contributed by atoms with Crippen LogP contribution in [-0.4, -0.2) is 12.7 Å². The lowest BCUT2D eigenvalue weighted by molar-refractivity contribution is 0.105. The van der Waals surface area contributed by atoms with Crippen molar-refractivity contribution in [3.05, 3.63) is 34.4 Å². The third-order valence-corrected chi connectivity index (χ3v) is 5.80. The standard InChI is InChI=1S/C18H27BrO/c1-5-13-10-14(6-2)17(15(7-3)11-13)18(19)16-8-9-20-12(16)4/h10-12,16,18H,5-9H2,1-4H3. The van der Waals surface area contributed by atoms with Crippen LogP contribution in [0.15, 0.2) is 12.1 Å². The molecule has 2 heteroatoms. The predicted molar refractivity (Wildman–Crippen MR) is 89.8 cm³/mol. The molecule has 112 valence electrons. The minimum absolute atomic E-state index is 0.361. The van der Waals surface area contributed by atoms with Crippen molar-refractivity contribution in [2.45, 2.75) is 64.3 Å². The van der Waals surface area contributed by atoms with Gasteiger partial charge in [-0.15, -0.1) is 0 Å². The number of benzene rings is 1. The number of hydrogen-bond donors (Lipinski definition) is 0. The van der Waals surface area contributed by atoms with Gasteiger partial charge in [0.2, 0.25) is 0 Å². The molecule has 0 aromatic heterocycles. The third kappa shape index (κ3) is 3.12. The topological polar surface area (TPSA) is 9.23 Å². The molecule has 0 amide bonds. The zero-order valence-electron chi connectivity index (χ0n) is 13.2. The first-order valence-corrected chi connectivity index (χ1v) is 8.94. The summed E-state index contributed by atoms with van der Waals surface area (Å²) in [7, 11) is 0. The second kappa shape index (κ2) is 7.09. The Hall–Kier alpha value is -0.340. The van der Waals surface area contributed by atoms with E-state index in [2.05, 4.69) is 55.8 Å². The summed E-state index contributed by atoms with van der Waals surface area (Å²) in [5, 5.41) is 0. The first-order chi connectivity index (χ1) is 9.62. The van der Waals surface area contributed by atoms with Crippen LogP contribution in [0.3, 0.4) is 0 Å². The highest BCUT2D eigenvalue weighted by atomic mass is 79.9. The van der Waals surface area contributed by atoms with Crippen molar-refractivity contribution in [2.75, 3.05) is 6.61 Å². The quantitative estimate of drug-likeness (QED) is 0.667. The molecule has 3 atom stereocenters. The molecule has 0 spiro atoms. The van der Waals surface area contributed by atoms with Crippen molar-refractivity contribution in [1.29, 1.82) is 0 Å². The van der Waals surface area contributed by atoms with Crippen LogP contribution in [0.4, 0.5) is 0 Å². The van der Waals surface area contributed by atoms with E-state index < -0.39 is 0 Å². The van der Waals surface area contributed by atoms with Crippen molar-refractivity contribution in [1.82, 2.24) is 0 Å². The Morgan fingerprint density at radius 3 is 2.15 bits per heavy atom. The minimum Gasteiger partial charge on any atom is -0.378 e. The highest BCUT2D eigenvalue weighted by Crippen LogP contribution is 2.42. The Bertz CT molecular complexity index is 430. The normalized spacial score (nSPS) is 24.1. The monoisotopic (exact) mass is 338 g/mol. The largest absolute Gasteiger partial charge is 0.378 e. The van der Waals surface area contributed by atoms with E-state index in [0.717, 1.165) is 25.9 Å². The van der Waals surface area contributed by atoms with Crippen molar-refractivity contribution in [3.8, 4) is 0 Å². The third-order valence-electron chi connectivity index (χ3n) is 4.67. The van der Waals surface area contributed by atoms with Crippen LogP contribution in [0, 0.1) is 5.92 Å². The summed E-state index contributed by atoms with van der Waals surface area (Å²) in [4.78, 5) is 0.427. The van der Waals surface area contributed by atoms with Gasteiger partial charge < -0.3 is 4.74 Å². The summed E-state index contributed by atoms with van der Waals surface area (Å²) in [5.74, 6) is 0.595. The molecule has 20 heavy (non-hydrogen) atoms. The highest BCUT2D eigenvalue weighted by Gasteiger charge is 2.33. The average Bonchev–Trinajstić information content (AvgIpc) is 2.91. The Labute approximate surface area is 132 Å². The smallest absolute Gasteiger partial charge is 0.0589 e. The number of aryl methyl sites for hydroxylation is 3. The van der Waals surface area contributed by atoms with Gasteiger partial charge in [-0.3, -0.25) is 0 Å². The molecule has 0 aliphatic carbocycles. The molecule has 3 unspecified atom stereocenters. The minimum atomic E-state index is 0.361. The predicted octanol–water partition coefficient (Wildman–Crippen LogP) is 5.23. The summed E-state index contributed by atoms with van der Waals surface area (Å²) >= 11 is 4.00. The summed E-state index contributed by atoms with van der Waals surface area (Å²) in [5.41, 5.74) is 6.04. The molecule has 1 fully saturated rings. The maximum atomic E-state index is 5.77. The lowest BCUT2D eigenvalue weighted by atomic mass is 9.85. The van der Waals surface area contributed by atoms with Crippen LogP contribution < -0.4 is 0 Å². The van der Waals surface area contributed by atoms with E-state index in [9.17, 15) is 0 Å². The van der Waals surface area contributed by atoms with E-state index in [-0.39, 0.29) is 0 Å². The van der Waals surface area contributed by atoms with Crippen LogP contribution >= 0.6 is 15.9 Å². The van der Waals surface area contributed by atoms with Gasteiger partial charge in [0.05, 0.1) is 6.10 Å². The molecular weight excluding hydrogens is 312 g/mol. The zero-order chi connectivity index (χ0) is 14.7. The first-order valence-electron chi connectivity index (χ1n) is 8.02. The Morgan fingerprint density at radius 2 is 1.75 bits per heavy atom. The van der Waals surface area contributed by atoms with Crippen LogP contribution in [0.1, 0.15) is 61.2 Å². The van der Waals surface area contributed by atoms with Gasteiger partial charge in [-0.05, 0) is 54.9 Å². The number of halogens is 1. The lowest BCUT2D eigenvalue weighted by Gasteiger charge is -2.26. The summed E-state index contributed by atoms with van der Waals surface area (Å²) < 4.78 is 5.77. The maximum Gasteiger partial charge on any atom is 0.0589 e. The lowest BCUT2D eigenvalue weighted by Crippen LogP contribution is -2.18. The van der Waals surface area contributed by atoms with Crippen LogP contribution in [-0.2, 0) is 24.0 Å². The molecule has 0 bridgehead atoms. The fourth-order valence-corrected chi connectivity index (χ4v) is 4.62. The molecule has 1 aromatic carbocycles. The van der Waals surface area contributed by atoms with Gasteiger partial charge in [-0.1, -0.05) is 48.8 Å². The second-order valence-electron chi connectivity index (χ2n) is 5.82. The zero-order valence-corrected chi connectivity index (χ0v) is 14.8. The van der Waals surface area contributed by atoms with Crippen molar-refractivity contribution in [2.24, 2.45) is 5.92 Å². The Kier molecular flexibility index (Phi) is 5.68. The van der Waals surface area contributed by atoms with E-state index in [0.29, 0.717) is 16.8 Å². The maximum absolute atomic E-state index is 5.77. The van der Waals surface area contributed by atoms with E-state index >= 15 is 0 Å². The first kappa shape index (κ1) is 16.0.